The maximum Gasteiger partial charge on any atom is 0.0992 e. The highest BCUT2D eigenvalue weighted by Crippen LogP contribution is 2.47. The van der Waals surface area contributed by atoms with Crippen molar-refractivity contribution in [3.63, 3.8) is 0 Å². The van der Waals surface area contributed by atoms with E-state index in [4.69, 9.17) is 16.9 Å². The van der Waals surface area contributed by atoms with E-state index in [-0.39, 0.29) is 11.5 Å². The summed E-state index contributed by atoms with van der Waals surface area (Å²) in [6.45, 7) is 4.51. The van der Waals surface area contributed by atoms with Crippen molar-refractivity contribution < 1.29 is 0 Å². The number of nitrogens with one attached hydrogen (secondary N) is 1. The van der Waals surface area contributed by atoms with Gasteiger partial charge in [0.1, 0.15) is 0 Å². The normalized spacial score (nSPS) is 18.9. The molecule has 0 aromatic heterocycles. The second kappa shape index (κ2) is 5.09. The molecule has 1 aliphatic carbocycles. The molecular formula is C18H17ClN2. The maximum absolute atomic E-state index is 9.02. The summed E-state index contributed by atoms with van der Waals surface area (Å²) in [5.41, 5.74) is 4.35. The van der Waals surface area contributed by atoms with Gasteiger partial charge in [-0.1, -0.05) is 37.6 Å². The average Bonchev–Trinajstić information content (AvgIpc) is 2.70. The van der Waals surface area contributed by atoms with Gasteiger partial charge in [0, 0.05) is 10.7 Å². The van der Waals surface area contributed by atoms with Crippen molar-refractivity contribution in [3.8, 4) is 6.07 Å². The molecule has 106 valence electrons. The fourth-order valence-electron chi connectivity index (χ4n) is 3.13. The number of fused-ring (bicyclic) bond motifs is 1. The summed E-state index contributed by atoms with van der Waals surface area (Å²) in [4.78, 5) is 0. The van der Waals surface area contributed by atoms with E-state index in [1.54, 1.807) is 0 Å². The van der Waals surface area contributed by atoms with Crippen molar-refractivity contribution in [3.05, 3.63) is 64.2 Å². The summed E-state index contributed by atoms with van der Waals surface area (Å²) in [6.07, 6.45) is 1.02. The van der Waals surface area contributed by atoms with Gasteiger partial charge in [-0.05, 0) is 53.3 Å². The molecule has 0 bridgehead atoms. The van der Waals surface area contributed by atoms with E-state index < -0.39 is 0 Å². The Morgan fingerprint density at radius 2 is 2.05 bits per heavy atom. The Labute approximate surface area is 130 Å². The van der Waals surface area contributed by atoms with E-state index in [0.717, 1.165) is 17.1 Å². The third-order valence-corrected chi connectivity index (χ3v) is 4.38. The zero-order valence-electron chi connectivity index (χ0n) is 12.2. The quantitative estimate of drug-likeness (QED) is 0.851. The molecule has 21 heavy (non-hydrogen) atoms. The fraction of sp³-hybridized carbons (Fsp3) is 0.278. The lowest BCUT2D eigenvalue weighted by Crippen LogP contribution is -2.24. The molecular weight excluding hydrogens is 280 g/mol. The van der Waals surface area contributed by atoms with Gasteiger partial charge in [0.05, 0.1) is 17.7 Å². The van der Waals surface area contributed by atoms with Crippen LogP contribution in [-0.4, -0.2) is 0 Å². The zero-order valence-corrected chi connectivity index (χ0v) is 12.9. The van der Waals surface area contributed by atoms with E-state index in [1.807, 2.05) is 30.3 Å². The SMILES string of the molecule is CC1(C)Cc2ccc(Cl)cc2C1Nc1cccc(C#N)c1. The van der Waals surface area contributed by atoms with E-state index in [0.29, 0.717) is 5.56 Å². The standard InChI is InChI=1S/C18H17ClN2/c1-18(2)10-13-6-7-14(19)9-16(13)17(18)21-15-5-3-4-12(8-15)11-20/h3-9,17,21H,10H2,1-2H3. The Morgan fingerprint density at radius 1 is 1.24 bits per heavy atom. The van der Waals surface area contributed by atoms with Gasteiger partial charge < -0.3 is 5.32 Å². The van der Waals surface area contributed by atoms with Gasteiger partial charge in [0.2, 0.25) is 0 Å². The lowest BCUT2D eigenvalue weighted by Gasteiger charge is -2.29. The molecule has 3 rings (SSSR count). The molecule has 0 amide bonds. The number of benzene rings is 2. The van der Waals surface area contributed by atoms with E-state index in [9.17, 15) is 0 Å². The van der Waals surface area contributed by atoms with Gasteiger partial charge in [-0.15, -0.1) is 0 Å². The van der Waals surface area contributed by atoms with Gasteiger partial charge in [0.15, 0.2) is 0 Å². The molecule has 0 saturated heterocycles. The van der Waals surface area contributed by atoms with E-state index in [2.05, 4.69) is 37.4 Å². The van der Waals surface area contributed by atoms with E-state index >= 15 is 0 Å². The average molecular weight is 297 g/mol. The van der Waals surface area contributed by atoms with Gasteiger partial charge in [-0.3, -0.25) is 0 Å². The van der Waals surface area contributed by atoms with Crippen LogP contribution >= 0.6 is 11.6 Å². The first-order chi connectivity index (χ1) is 9.99. The Bertz CT molecular complexity index is 728. The monoisotopic (exact) mass is 296 g/mol. The molecule has 1 atom stereocenters. The highest BCUT2D eigenvalue weighted by molar-refractivity contribution is 6.30. The minimum absolute atomic E-state index is 0.107. The van der Waals surface area contributed by atoms with Crippen LogP contribution in [0.15, 0.2) is 42.5 Å². The number of hydrogen-bond acceptors (Lipinski definition) is 2. The molecule has 0 saturated carbocycles. The summed E-state index contributed by atoms with van der Waals surface area (Å²) in [7, 11) is 0. The van der Waals surface area contributed by atoms with Gasteiger partial charge in [-0.2, -0.15) is 5.26 Å². The number of anilines is 1. The van der Waals surface area contributed by atoms with Crippen LogP contribution in [0, 0.1) is 16.7 Å². The van der Waals surface area contributed by atoms with Crippen LogP contribution in [0.1, 0.15) is 36.6 Å². The number of nitriles is 1. The Hall–Kier alpha value is -1.98. The second-order valence-corrected chi connectivity index (χ2v) is 6.71. The molecule has 0 heterocycles. The lowest BCUT2D eigenvalue weighted by molar-refractivity contribution is 0.337. The van der Waals surface area contributed by atoms with Crippen molar-refractivity contribution in [2.24, 2.45) is 5.41 Å². The molecule has 1 unspecified atom stereocenters. The highest BCUT2D eigenvalue weighted by Gasteiger charge is 2.38. The number of nitrogens with zero attached hydrogens (tertiary/aromatic N) is 1. The molecule has 2 nitrogen and oxygen atoms in total. The minimum atomic E-state index is 0.107. The molecule has 0 spiro atoms. The fourth-order valence-corrected chi connectivity index (χ4v) is 3.31. The molecule has 1 aliphatic rings. The largest absolute Gasteiger partial charge is 0.378 e. The Morgan fingerprint density at radius 3 is 2.81 bits per heavy atom. The summed E-state index contributed by atoms with van der Waals surface area (Å²) in [5, 5.41) is 13.4. The van der Waals surface area contributed by atoms with Gasteiger partial charge in [-0.25, -0.2) is 0 Å². The van der Waals surface area contributed by atoms with Crippen LogP contribution in [0.3, 0.4) is 0 Å². The summed E-state index contributed by atoms with van der Waals surface area (Å²) in [6, 6.07) is 16.1. The maximum atomic E-state index is 9.02. The molecule has 0 fully saturated rings. The van der Waals surface area contributed by atoms with Crippen LogP contribution in [0.2, 0.25) is 5.02 Å². The molecule has 0 radical (unpaired) electrons. The Kier molecular flexibility index (Phi) is 3.39. The van der Waals surface area contributed by atoms with Crippen molar-refractivity contribution in [1.29, 1.82) is 5.26 Å². The number of rotatable bonds is 2. The van der Waals surface area contributed by atoms with Crippen LogP contribution < -0.4 is 5.32 Å². The first-order valence-electron chi connectivity index (χ1n) is 7.05. The number of hydrogen-bond donors (Lipinski definition) is 1. The zero-order chi connectivity index (χ0) is 15.0. The smallest absolute Gasteiger partial charge is 0.0992 e. The second-order valence-electron chi connectivity index (χ2n) is 6.28. The predicted molar refractivity (Wildman–Crippen MR) is 86.5 cm³/mol. The van der Waals surface area contributed by atoms with Gasteiger partial charge >= 0.3 is 0 Å². The molecule has 0 aliphatic heterocycles. The van der Waals surface area contributed by atoms with Crippen molar-refractivity contribution in [2.45, 2.75) is 26.3 Å². The van der Waals surface area contributed by atoms with Crippen molar-refractivity contribution in [1.82, 2.24) is 0 Å². The van der Waals surface area contributed by atoms with Crippen LogP contribution in [0.5, 0.6) is 0 Å². The minimum Gasteiger partial charge on any atom is -0.378 e. The summed E-state index contributed by atoms with van der Waals surface area (Å²) < 4.78 is 0. The molecule has 2 aromatic rings. The summed E-state index contributed by atoms with van der Waals surface area (Å²) in [5.74, 6) is 0. The molecule has 2 aromatic carbocycles. The van der Waals surface area contributed by atoms with Crippen LogP contribution in [0.4, 0.5) is 5.69 Å². The third-order valence-electron chi connectivity index (χ3n) is 4.15. The molecule has 3 heteroatoms. The van der Waals surface area contributed by atoms with E-state index in [1.165, 1.54) is 11.1 Å². The van der Waals surface area contributed by atoms with Crippen LogP contribution in [0.25, 0.3) is 0 Å². The van der Waals surface area contributed by atoms with Crippen LogP contribution in [-0.2, 0) is 6.42 Å². The highest BCUT2D eigenvalue weighted by atomic mass is 35.5. The lowest BCUT2D eigenvalue weighted by atomic mass is 9.85. The van der Waals surface area contributed by atoms with Crippen molar-refractivity contribution >= 4 is 17.3 Å². The predicted octanol–water partition coefficient (Wildman–Crippen LogP) is 4.95. The number of halogens is 1. The first-order valence-corrected chi connectivity index (χ1v) is 7.42. The first kappa shape index (κ1) is 14.0. The van der Waals surface area contributed by atoms with Gasteiger partial charge in [0.25, 0.3) is 0 Å². The topological polar surface area (TPSA) is 35.8 Å². The van der Waals surface area contributed by atoms with Crippen molar-refractivity contribution in [2.75, 3.05) is 5.32 Å². The third kappa shape index (κ3) is 2.62. The molecule has 1 N–H and O–H groups in total. The Balaban J connectivity index is 1.97. The summed E-state index contributed by atoms with van der Waals surface area (Å²) >= 11 is 6.16.